The molecule has 0 saturated heterocycles. The lowest BCUT2D eigenvalue weighted by atomic mass is 9.95. The molecule has 68 heavy (non-hydrogen) atoms. The number of para-hydroxylation sites is 2. The molecule has 0 fully saturated rings. The van der Waals surface area contributed by atoms with Crippen molar-refractivity contribution in [1.29, 1.82) is 5.26 Å². The Kier molecular flexibility index (Phi) is 9.99. The number of fused-ring (bicyclic) bond motifs is 6. The Hall–Kier alpha value is -8.06. The molecule has 0 aliphatic carbocycles. The summed E-state index contributed by atoms with van der Waals surface area (Å²) in [5, 5.41) is 13.6. The molecule has 7 aromatic carbocycles. The van der Waals surface area contributed by atoms with Crippen LogP contribution in [0.1, 0.15) is 27.8 Å². The third kappa shape index (κ3) is 7.34. The fourth-order valence-electron chi connectivity index (χ4n) is 9.00. The van der Waals surface area contributed by atoms with Gasteiger partial charge in [0.15, 0.2) is 0 Å². The number of nitrogens with zero attached hydrogens (tertiary/aromatic N) is 4. The molecule has 3 aromatic heterocycles. The van der Waals surface area contributed by atoms with Crippen molar-refractivity contribution in [2.45, 2.75) is 24.7 Å². The number of aromatic nitrogens is 3. The van der Waals surface area contributed by atoms with Gasteiger partial charge in [-0.1, -0.05) is 72.8 Å². The third-order valence-electron chi connectivity index (χ3n) is 12.0. The van der Waals surface area contributed by atoms with Crippen molar-refractivity contribution in [3.8, 4) is 50.8 Å². The number of benzene rings is 7. The molecular weight excluding hydrogens is 909 g/mol. The molecular formula is C52H26F12N4. The topological polar surface area (TPSA) is 46.5 Å². The summed E-state index contributed by atoms with van der Waals surface area (Å²) < 4.78 is 173. The van der Waals surface area contributed by atoms with Gasteiger partial charge in [-0.15, -0.1) is 0 Å². The van der Waals surface area contributed by atoms with Crippen molar-refractivity contribution in [3.63, 3.8) is 0 Å². The van der Waals surface area contributed by atoms with Crippen molar-refractivity contribution in [2.24, 2.45) is 0 Å². The minimum atomic E-state index is -5.19. The van der Waals surface area contributed by atoms with Crippen molar-refractivity contribution in [2.75, 3.05) is 0 Å². The normalized spacial score (nSPS) is 12.7. The van der Waals surface area contributed by atoms with Crippen LogP contribution < -0.4 is 0 Å². The molecule has 16 heteroatoms. The maximum Gasteiger partial charge on any atom is 0.417 e. The van der Waals surface area contributed by atoms with Crippen LogP contribution in [0.15, 0.2) is 158 Å². The average molecular weight is 935 g/mol. The number of rotatable bonds is 5. The highest BCUT2D eigenvalue weighted by atomic mass is 19.4. The molecule has 0 saturated carbocycles. The molecule has 0 unspecified atom stereocenters. The summed E-state index contributed by atoms with van der Waals surface area (Å²) in [6.07, 6.45) is -17.5. The monoisotopic (exact) mass is 934 g/mol. The van der Waals surface area contributed by atoms with Crippen molar-refractivity contribution < 1.29 is 52.7 Å². The molecule has 10 aromatic rings. The first-order chi connectivity index (χ1) is 32.2. The summed E-state index contributed by atoms with van der Waals surface area (Å²) >= 11 is 0. The Labute approximate surface area is 376 Å². The Morgan fingerprint density at radius 3 is 1.19 bits per heavy atom. The Morgan fingerprint density at radius 1 is 0.382 bits per heavy atom. The third-order valence-corrected chi connectivity index (χ3v) is 12.0. The Morgan fingerprint density at radius 2 is 0.794 bits per heavy atom. The molecule has 3 heterocycles. The first-order valence-corrected chi connectivity index (χ1v) is 20.4. The van der Waals surface area contributed by atoms with Crippen LogP contribution in [0, 0.1) is 11.3 Å². The Bertz CT molecular complexity index is 3480. The molecule has 0 atom stereocenters. The lowest BCUT2D eigenvalue weighted by molar-refractivity contribution is -0.144. The van der Waals surface area contributed by atoms with E-state index in [9.17, 15) is 57.9 Å². The molecule has 0 radical (unpaired) electrons. The van der Waals surface area contributed by atoms with Gasteiger partial charge in [0.2, 0.25) is 0 Å². The summed E-state index contributed by atoms with van der Waals surface area (Å²) in [7, 11) is 0. The second kappa shape index (κ2) is 15.5. The van der Waals surface area contributed by atoms with Crippen LogP contribution in [-0.2, 0) is 24.7 Å². The van der Waals surface area contributed by atoms with E-state index in [1.54, 1.807) is 94.1 Å². The minimum absolute atomic E-state index is 0.0139. The lowest BCUT2D eigenvalue weighted by Crippen LogP contribution is -2.12. The van der Waals surface area contributed by atoms with Crippen LogP contribution in [0.25, 0.3) is 88.4 Å². The fourth-order valence-corrected chi connectivity index (χ4v) is 9.00. The largest absolute Gasteiger partial charge is 0.417 e. The van der Waals surface area contributed by atoms with Gasteiger partial charge < -0.3 is 9.13 Å². The summed E-state index contributed by atoms with van der Waals surface area (Å²) in [5.74, 6) is 0. The highest BCUT2D eigenvalue weighted by molar-refractivity contribution is 6.12. The highest BCUT2D eigenvalue weighted by Gasteiger charge is 2.40. The number of hydrogen-bond acceptors (Lipinski definition) is 2. The molecule has 0 N–H and O–H groups in total. The van der Waals surface area contributed by atoms with Gasteiger partial charge in [0, 0.05) is 33.9 Å². The number of hydrogen-bond donors (Lipinski definition) is 0. The number of halogens is 12. The second-order valence-corrected chi connectivity index (χ2v) is 15.9. The quantitative estimate of drug-likeness (QED) is 0.161. The van der Waals surface area contributed by atoms with E-state index in [0.717, 1.165) is 12.1 Å². The standard InChI is InChI=1S/C52H26F12N4/c53-49(54,55)32-11-15-34(41(25-32)51(59,60)61)29-9-13-38-36-5-1-3-7-43(36)67(45(38)21-29)47-23-31(28-17-19-66-20-18-28)24-48(40(47)27-65)68-44-8-4-2-6-37(44)39-14-10-30(22-46(39)68)35-16-12-33(50(56,57)58)26-42(35)52(62,63)64/h1-26H. The number of pyridine rings is 1. The Balaban J connectivity index is 1.29. The average Bonchev–Trinajstić information content (AvgIpc) is 3.81. The summed E-state index contributed by atoms with van der Waals surface area (Å²) in [5.41, 5.74) is -4.22. The first kappa shape index (κ1) is 43.8. The number of alkyl halides is 12. The molecule has 0 aliphatic heterocycles. The zero-order valence-electron chi connectivity index (χ0n) is 34.3. The highest BCUT2D eigenvalue weighted by Crippen LogP contribution is 2.46. The smallest absolute Gasteiger partial charge is 0.308 e. The van der Waals surface area contributed by atoms with E-state index in [4.69, 9.17) is 0 Å². The SMILES string of the molecule is N#Cc1c(-n2c3ccccc3c3ccc(-c4ccc(C(F)(F)F)cc4C(F)(F)F)cc32)cc(-c2ccncc2)cc1-n1c2ccccc2c2ccc(-c3ccc(C(F)(F)F)cc3C(F)(F)F)cc21. The molecule has 0 amide bonds. The maximum atomic E-state index is 14.6. The van der Waals surface area contributed by atoms with Crippen LogP contribution in [-0.4, -0.2) is 14.1 Å². The van der Waals surface area contributed by atoms with Gasteiger partial charge in [-0.05, 0) is 106 Å². The molecule has 10 rings (SSSR count). The molecule has 0 bridgehead atoms. The van der Waals surface area contributed by atoms with E-state index in [2.05, 4.69) is 11.1 Å². The summed E-state index contributed by atoms with van der Waals surface area (Å²) in [6, 6.07) is 34.4. The molecule has 0 aliphatic rings. The van der Waals surface area contributed by atoms with Gasteiger partial charge in [0.05, 0.1) is 55.7 Å². The van der Waals surface area contributed by atoms with E-state index in [1.165, 1.54) is 36.7 Å². The summed E-state index contributed by atoms with van der Waals surface area (Å²) in [4.78, 5) is 4.13. The van der Waals surface area contributed by atoms with E-state index in [0.29, 0.717) is 55.8 Å². The summed E-state index contributed by atoms with van der Waals surface area (Å²) in [6.45, 7) is 0. The van der Waals surface area contributed by atoms with Crippen LogP contribution in [0.2, 0.25) is 0 Å². The molecule has 338 valence electrons. The van der Waals surface area contributed by atoms with E-state index in [1.807, 2.05) is 0 Å². The van der Waals surface area contributed by atoms with Crippen LogP contribution in [0.5, 0.6) is 0 Å². The van der Waals surface area contributed by atoms with Gasteiger partial charge in [0.1, 0.15) is 11.6 Å². The van der Waals surface area contributed by atoms with E-state index < -0.39 is 58.1 Å². The first-order valence-electron chi connectivity index (χ1n) is 20.4. The van der Waals surface area contributed by atoms with Crippen LogP contribution >= 0.6 is 0 Å². The number of nitriles is 1. The molecule has 0 spiro atoms. The van der Waals surface area contributed by atoms with Gasteiger partial charge >= 0.3 is 24.7 Å². The van der Waals surface area contributed by atoms with Crippen molar-refractivity contribution in [1.82, 2.24) is 14.1 Å². The van der Waals surface area contributed by atoms with E-state index in [-0.39, 0.29) is 51.2 Å². The van der Waals surface area contributed by atoms with Gasteiger partial charge in [-0.3, -0.25) is 4.98 Å². The van der Waals surface area contributed by atoms with Gasteiger partial charge in [-0.25, -0.2) is 0 Å². The maximum absolute atomic E-state index is 14.6. The van der Waals surface area contributed by atoms with Crippen molar-refractivity contribution >= 4 is 43.6 Å². The van der Waals surface area contributed by atoms with Gasteiger partial charge in [0.25, 0.3) is 0 Å². The van der Waals surface area contributed by atoms with E-state index >= 15 is 0 Å². The minimum Gasteiger partial charge on any atom is -0.308 e. The van der Waals surface area contributed by atoms with Crippen LogP contribution in [0.4, 0.5) is 52.7 Å². The molecule has 4 nitrogen and oxygen atoms in total. The zero-order chi connectivity index (χ0) is 48.1. The fraction of sp³-hybridized carbons (Fsp3) is 0.0769. The van der Waals surface area contributed by atoms with Crippen molar-refractivity contribution in [3.05, 3.63) is 186 Å². The van der Waals surface area contributed by atoms with Gasteiger partial charge in [-0.2, -0.15) is 57.9 Å². The predicted octanol–water partition coefficient (Wildman–Crippen LogP) is 16.2. The second-order valence-electron chi connectivity index (χ2n) is 15.9. The lowest BCUT2D eigenvalue weighted by Gasteiger charge is -2.19. The van der Waals surface area contributed by atoms with Crippen LogP contribution in [0.3, 0.4) is 0 Å². The predicted molar refractivity (Wildman–Crippen MR) is 234 cm³/mol. The zero-order valence-corrected chi connectivity index (χ0v) is 34.3.